The van der Waals surface area contributed by atoms with Crippen LogP contribution < -0.4 is 10.9 Å². The second-order valence-electron chi connectivity index (χ2n) is 5.00. The predicted molar refractivity (Wildman–Crippen MR) is 87.3 cm³/mol. The normalized spacial score (nSPS) is 11.0. The summed E-state index contributed by atoms with van der Waals surface area (Å²) in [7, 11) is 2.24. The molecule has 0 unspecified atom stereocenters. The van der Waals surface area contributed by atoms with Gasteiger partial charge in [-0.25, -0.2) is 0 Å². The number of fused-ring (bicyclic) bond motifs is 3. The van der Waals surface area contributed by atoms with Gasteiger partial charge >= 0.3 is 0 Å². The molecule has 1 aromatic heterocycles. The molecule has 2 heteroatoms. The largest absolute Gasteiger partial charge is 0.355 e. The van der Waals surface area contributed by atoms with Crippen molar-refractivity contribution in [3.63, 3.8) is 0 Å². The van der Waals surface area contributed by atoms with Crippen LogP contribution in [0.3, 0.4) is 0 Å². The van der Waals surface area contributed by atoms with E-state index in [4.69, 9.17) is 0 Å². The first-order valence-corrected chi connectivity index (χ1v) is 6.81. The Morgan fingerprint density at radius 3 is 2.30 bits per heavy atom. The first-order valence-electron chi connectivity index (χ1n) is 6.81. The van der Waals surface area contributed by atoms with E-state index < -0.39 is 0 Å². The number of H-pyrrole nitrogens is 1. The SMILES string of the molecule is [B](c1ccccc1)c1cccc2[nH]c3ccccc3c12. The first-order chi connectivity index (χ1) is 9.92. The van der Waals surface area contributed by atoms with Crippen LogP contribution in [0.2, 0.25) is 0 Å². The van der Waals surface area contributed by atoms with Crippen LogP contribution in [0.4, 0.5) is 0 Å². The van der Waals surface area contributed by atoms with Crippen LogP contribution in [0.5, 0.6) is 0 Å². The van der Waals surface area contributed by atoms with Crippen molar-refractivity contribution in [3.05, 3.63) is 72.8 Å². The fourth-order valence-electron chi connectivity index (χ4n) is 2.78. The highest BCUT2D eigenvalue weighted by molar-refractivity contribution is 6.70. The summed E-state index contributed by atoms with van der Waals surface area (Å²) < 4.78 is 0. The van der Waals surface area contributed by atoms with Crippen molar-refractivity contribution >= 4 is 40.0 Å². The quantitative estimate of drug-likeness (QED) is 0.529. The molecule has 0 saturated heterocycles. The zero-order valence-electron chi connectivity index (χ0n) is 11.0. The van der Waals surface area contributed by atoms with Gasteiger partial charge in [0.25, 0.3) is 0 Å². The van der Waals surface area contributed by atoms with Gasteiger partial charge in [0.2, 0.25) is 0 Å². The van der Waals surface area contributed by atoms with E-state index in [9.17, 15) is 0 Å². The monoisotopic (exact) mass is 254 g/mol. The standard InChI is InChI=1S/C18H13BN/c1-2-7-13(8-3-1)19-15-10-6-12-17-18(15)14-9-4-5-11-16(14)20-17/h1-12,20H. The third-order valence-corrected chi connectivity index (χ3v) is 3.68. The Kier molecular flexibility index (Phi) is 2.60. The van der Waals surface area contributed by atoms with E-state index >= 15 is 0 Å². The molecule has 1 N–H and O–H groups in total. The Morgan fingerprint density at radius 2 is 1.40 bits per heavy atom. The number of benzene rings is 3. The Hall–Kier alpha value is -2.48. The minimum Gasteiger partial charge on any atom is -0.355 e. The smallest absolute Gasteiger partial charge is 0.192 e. The second-order valence-corrected chi connectivity index (χ2v) is 5.00. The molecular weight excluding hydrogens is 241 g/mol. The van der Waals surface area contributed by atoms with Gasteiger partial charge in [0.05, 0.1) is 0 Å². The van der Waals surface area contributed by atoms with Gasteiger partial charge in [0, 0.05) is 21.8 Å². The van der Waals surface area contributed by atoms with Gasteiger partial charge in [-0.05, 0) is 12.1 Å². The summed E-state index contributed by atoms with van der Waals surface area (Å²) in [6.45, 7) is 0. The molecule has 0 amide bonds. The first kappa shape index (κ1) is 11.4. The topological polar surface area (TPSA) is 15.8 Å². The lowest BCUT2D eigenvalue weighted by Gasteiger charge is -2.03. The molecule has 4 aromatic rings. The summed E-state index contributed by atoms with van der Waals surface area (Å²) in [5.74, 6) is 0. The Morgan fingerprint density at radius 1 is 0.650 bits per heavy atom. The second kappa shape index (κ2) is 4.57. The lowest BCUT2D eigenvalue weighted by Crippen LogP contribution is -2.27. The van der Waals surface area contributed by atoms with E-state index in [2.05, 4.69) is 79.0 Å². The summed E-state index contributed by atoms with van der Waals surface area (Å²) in [6, 6.07) is 25.3. The zero-order valence-corrected chi connectivity index (χ0v) is 11.0. The third kappa shape index (κ3) is 1.81. The average molecular weight is 254 g/mol. The number of aromatic amines is 1. The van der Waals surface area contributed by atoms with Gasteiger partial charge < -0.3 is 4.98 Å². The predicted octanol–water partition coefficient (Wildman–Crippen LogP) is 2.98. The fraction of sp³-hybridized carbons (Fsp3) is 0. The summed E-state index contributed by atoms with van der Waals surface area (Å²) in [4.78, 5) is 3.48. The maximum absolute atomic E-state index is 3.48. The molecule has 0 bridgehead atoms. The third-order valence-electron chi connectivity index (χ3n) is 3.68. The summed E-state index contributed by atoms with van der Waals surface area (Å²) in [6.07, 6.45) is 0. The number of para-hydroxylation sites is 1. The Labute approximate surface area is 118 Å². The molecule has 1 radical (unpaired) electrons. The lowest BCUT2D eigenvalue weighted by molar-refractivity contribution is 1.55. The molecule has 3 aromatic carbocycles. The van der Waals surface area contributed by atoms with Crippen LogP contribution >= 0.6 is 0 Å². The number of rotatable bonds is 2. The van der Waals surface area contributed by atoms with Crippen LogP contribution in [0.1, 0.15) is 0 Å². The van der Waals surface area contributed by atoms with Gasteiger partial charge in [-0.2, -0.15) is 0 Å². The highest BCUT2D eigenvalue weighted by Crippen LogP contribution is 2.23. The van der Waals surface area contributed by atoms with Gasteiger partial charge in [-0.1, -0.05) is 71.6 Å². The van der Waals surface area contributed by atoms with Crippen molar-refractivity contribution in [1.29, 1.82) is 0 Å². The van der Waals surface area contributed by atoms with E-state index in [0.717, 1.165) is 0 Å². The Bertz CT molecular complexity index is 878. The van der Waals surface area contributed by atoms with Crippen molar-refractivity contribution in [2.45, 2.75) is 0 Å². The molecule has 0 fully saturated rings. The van der Waals surface area contributed by atoms with Crippen molar-refractivity contribution in [2.75, 3.05) is 0 Å². The maximum atomic E-state index is 3.48. The molecule has 0 atom stereocenters. The number of hydrogen-bond donors (Lipinski definition) is 1. The summed E-state index contributed by atoms with van der Waals surface area (Å²) in [5.41, 5.74) is 4.86. The van der Waals surface area contributed by atoms with Gasteiger partial charge in [-0.15, -0.1) is 0 Å². The number of hydrogen-bond acceptors (Lipinski definition) is 0. The van der Waals surface area contributed by atoms with E-state index in [1.165, 1.54) is 32.7 Å². The summed E-state index contributed by atoms with van der Waals surface area (Å²) in [5, 5.41) is 2.58. The fourth-order valence-corrected chi connectivity index (χ4v) is 2.78. The molecule has 4 rings (SSSR count). The molecule has 20 heavy (non-hydrogen) atoms. The molecule has 93 valence electrons. The molecule has 1 heterocycles. The zero-order chi connectivity index (χ0) is 13.4. The lowest BCUT2D eigenvalue weighted by atomic mass is 9.63. The summed E-state index contributed by atoms with van der Waals surface area (Å²) >= 11 is 0. The van der Waals surface area contributed by atoms with Crippen LogP contribution in [0.25, 0.3) is 21.8 Å². The molecular formula is C18H13BN. The van der Waals surface area contributed by atoms with Crippen molar-refractivity contribution in [1.82, 2.24) is 4.98 Å². The van der Waals surface area contributed by atoms with Crippen molar-refractivity contribution < 1.29 is 0 Å². The van der Waals surface area contributed by atoms with E-state index in [1.54, 1.807) is 0 Å². The highest BCUT2D eigenvalue weighted by atomic mass is 14.7. The van der Waals surface area contributed by atoms with Gasteiger partial charge in [0.15, 0.2) is 7.28 Å². The minimum absolute atomic E-state index is 1.19. The molecule has 0 spiro atoms. The van der Waals surface area contributed by atoms with Crippen LogP contribution in [-0.2, 0) is 0 Å². The molecule has 0 saturated carbocycles. The van der Waals surface area contributed by atoms with E-state index in [0.29, 0.717) is 0 Å². The van der Waals surface area contributed by atoms with Crippen LogP contribution in [0, 0.1) is 0 Å². The molecule has 0 aliphatic heterocycles. The van der Waals surface area contributed by atoms with E-state index in [-0.39, 0.29) is 0 Å². The number of nitrogens with one attached hydrogen (secondary N) is 1. The number of aromatic nitrogens is 1. The minimum atomic E-state index is 1.19. The van der Waals surface area contributed by atoms with Gasteiger partial charge in [-0.3, -0.25) is 0 Å². The average Bonchev–Trinajstić information content (AvgIpc) is 2.88. The van der Waals surface area contributed by atoms with Crippen molar-refractivity contribution in [2.24, 2.45) is 0 Å². The van der Waals surface area contributed by atoms with Crippen LogP contribution in [0.15, 0.2) is 72.8 Å². The van der Waals surface area contributed by atoms with Crippen molar-refractivity contribution in [3.8, 4) is 0 Å². The Balaban J connectivity index is 1.95. The molecule has 1 nitrogen and oxygen atoms in total. The molecule has 0 aliphatic carbocycles. The maximum Gasteiger partial charge on any atom is 0.192 e. The van der Waals surface area contributed by atoms with Gasteiger partial charge in [0.1, 0.15) is 0 Å². The molecule has 0 aliphatic rings. The van der Waals surface area contributed by atoms with E-state index in [1.807, 2.05) is 6.07 Å². The highest BCUT2D eigenvalue weighted by Gasteiger charge is 2.09. The van der Waals surface area contributed by atoms with Crippen LogP contribution in [-0.4, -0.2) is 12.3 Å².